The molecule has 1 atom stereocenters. The summed E-state index contributed by atoms with van der Waals surface area (Å²) >= 11 is 0. The Morgan fingerprint density at radius 1 is 1.33 bits per heavy atom. The molecule has 0 aliphatic rings. The number of ether oxygens (including phenoxy) is 1. The fourth-order valence-corrected chi connectivity index (χ4v) is 3.45. The first-order chi connectivity index (χ1) is 9.92. The van der Waals surface area contributed by atoms with Gasteiger partial charge in [0.25, 0.3) is 0 Å². The second-order valence-corrected chi connectivity index (χ2v) is 6.65. The van der Waals surface area contributed by atoms with Crippen molar-refractivity contribution in [3.05, 3.63) is 47.9 Å². The topological polar surface area (TPSA) is 68.5 Å². The maximum Gasteiger partial charge on any atom is 0.240 e. The van der Waals surface area contributed by atoms with E-state index in [9.17, 15) is 8.42 Å². The number of rotatable bonds is 6. The van der Waals surface area contributed by atoms with E-state index in [1.807, 2.05) is 13.0 Å². The minimum Gasteiger partial charge on any atom is -0.496 e. The van der Waals surface area contributed by atoms with Crippen molar-refractivity contribution >= 4 is 10.0 Å². The van der Waals surface area contributed by atoms with Crippen molar-refractivity contribution in [2.24, 2.45) is 0 Å². The Balaban J connectivity index is 2.12. The number of methoxy groups -OCH3 is 1. The molecule has 1 aromatic carbocycles. The summed E-state index contributed by atoms with van der Waals surface area (Å²) in [5.41, 5.74) is 0.777. The lowest BCUT2D eigenvalue weighted by molar-refractivity contribution is 0.411. The first-order valence-corrected chi connectivity index (χ1v) is 8.10. The number of aryl methyl sites for hydroxylation is 1. The molecule has 0 fully saturated rings. The van der Waals surface area contributed by atoms with Gasteiger partial charge in [-0.3, -0.25) is 0 Å². The van der Waals surface area contributed by atoms with Crippen molar-refractivity contribution in [3.63, 3.8) is 0 Å². The molecule has 1 unspecified atom stereocenters. The molecule has 1 heterocycles. The van der Waals surface area contributed by atoms with Crippen molar-refractivity contribution in [1.82, 2.24) is 4.72 Å². The molecular weight excluding hydrogens is 290 g/mol. The molecule has 0 saturated heterocycles. The molecule has 0 radical (unpaired) electrons. The van der Waals surface area contributed by atoms with E-state index >= 15 is 0 Å². The Bertz CT molecular complexity index is 692. The van der Waals surface area contributed by atoms with Crippen molar-refractivity contribution in [2.45, 2.75) is 31.2 Å². The number of nitrogens with one attached hydrogen (secondary N) is 1. The van der Waals surface area contributed by atoms with Gasteiger partial charge in [0, 0.05) is 12.5 Å². The summed E-state index contributed by atoms with van der Waals surface area (Å²) < 4.78 is 37.7. The molecule has 0 amide bonds. The average Bonchev–Trinajstić information content (AvgIpc) is 2.90. The predicted molar refractivity (Wildman–Crippen MR) is 79.9 cm³/mol. The summed E-state index contributed by atoms with van der Waals surface area (Å²) in [6.07, 6.45) is 2.07. The minimum atomic E-state index is -3.56. The molecular formula is C15H19NO4S. The maximum atomic E-state index is 12.3. The van der Waals surface area contributed by atoms with Crippen molar-refractivity contribution in [2.75, 3.05) is 7.11 Å². The Morgan fingerprint density at radius 2 is 2.10 bits per heavy atom. The zero-order valence-corrected chi connectivity index (χ0v) is 13.1. The third-order valence-electron chi connectivity index (χ3n) is 3.12. The van der Waals surface area contributed by atoms with Crippen LogP contribution >= 0.6 is 0 Å². The maximum absolute atomic E-state index is 12.3. The molecule has 5 nitrogen and oxygen atoms in total. The van der Waals surface area contributed by atoms with Crippen LogP contribution in [0, 0.1) is 6.92 Å². The fourth-order valence-electron chi connectivity index (χ4n) is 2.12. The van der Waals surface area contributed by atoms with E-state index in [2.05, 4.69) is 4.72 Å². The molecule has 0 bridgehead atoms. The lowest BCUT2D eigenvalue weighted by Gasteiger charge is -2.14. The van der Waals surface area contributed by atoms with Gasteiger partial charge in [-0.25, -0.2) is 13.1 Å². The Hall–Kier alpha value is -1.79. The third-order valence-corrected chi connectivity index (χ3v) is 4.71. The summed E-state index contributed by atoms with van der Waals surface area (Å²) in [6.45, 7) is 3.61. The zero-order valence-electron chi connectivity index (χ0n) is 12.3. The smallest absolute Gasteiger partial charge is 0.240 e. The standard InChI is InChI=1S/C15H19NO4S/c1-11-9-14(6-7-15(11)19-3)21(17,18)16-12(2)10-13-5-4-8-20-13/h4-9,12,16H,10H2,1-3H3. The number of hydrogen-bond donors (Lipinski definition) is 1. The van der Waals surface area contributed by atoms with Gasteiger partial charge in [0.2, 0.25) is 10.0 Å². The normalized spacial score (nSPS) is 13.1. The van der Waals surface area contributed by atoms with Gasteiger partial charge in [-0.15, -0.1) is 0 Å². The van der Waals surface area contributed by atoms with E-state index in [4.69, 9.17) is 9.15 Å². The van der Waals surface area contributed by atoms with Crippen LogP contribution in [0.3, 0.4) is 0 Å². The van der Waals surface area contributed by atoms with Gasteiger partial charge >= 0.3 is 0 Å². The number of furan rings is 1. The second kappa shape index (κ2) is 6.32. The molecule has 1 aromatic heterocycles. The summed E-state index contributed by atoms with van der Waals surface area (Å²) in [6, 6.07) is 8.13. The highest BCUT2D eigenvalue weighted by atomic mass is 32.2. The van der Waals surface area contributed by atoms with Gasteiger partial charge in [0.05, 0.1) is 18.3 Å². The van der Waals surface area contributed by atoms with Crippen molar-refractivity contribution in [3.8, 4) is 5.75 Å². The quantitative estimate of drug-likeness (QED) is 0.890. The van der Waals surface area contributed by atoms with Crippen molar-refractivity contribution in [1.29, 1.82) is 0 Å². The second-order valence-electron chi connectivity index (χ2n) is 4.94. The molecule has 2 aromatic rings. The Labute approximate surface area is 125 Å². The fraction of sp³-hybridized carbons (Fsp3) is 0.333. The van der Waals surface area contributed by atoms with Crippen LogP contribution in [0.5, 0.6) is 5.75 Å². The van der Waals surface area contributed by atoms with Gasteiger partial charge in [-0.2, -0.15) is 0 Å². The molecule has 0 aliphatic carbocycles. The largest absolute Gasteiger partial charge is 0.496 e. The highest BCUT2D eigenvalue weighted by Gasteiger charge is 2.19. The molecule has 114 valence electrons. The Kier molecular flexibility index (Phi) is 4.69. The van der Waals surface area contributed by atoms with Crippen LogP contribution in [-0.4, -0.2) is 21.6 Å². The first kappa shape index (κ1) is 15.6. The number of hydrogen-bond acceptors (Lipinski definition) is 4. The molecule has 0 spiro atoms. The third kappa shape index (κ3) is 3.86. The average molecular weight is 309 g/mol. The van der Waals surface area contributed by atoms with E-state index in [1.54, 1.807) is 38.5 Å². The van der Waals surface area contributed by atoms with Crippen LogP contribution in [0.2, 0.25) is 0 Å². The van der Waals surface area contributed by atoms with Gasteiger partial charge in [-0.1, -0.05) is 0 Å². The Morgan fingerprint density at radius 3 is 2.67 bits per heavy atom. The van der Waals surface area contributed by atoms with Crippen LogP contribution in [0.1, 0.15) is 18.2 Å². The lowest BCUT2D eigenvalue weighted by atomic mass is 10.2. The number of sulfonamides is 1. The SMILES string of the molecule is COc1ccc(S(=O)(=O)NC(C)Cc2ccco2)cc1C. The minimum absolute atomic E-state index is 0.229. The summed E-state index contributed by atoms with van der Waals surface area (Å²) in [4.78, 5) is 0.229. The predicted octanol–water partition coefficient (Wildman–Crippen LogP) is 2.51. The van der Waals surface area contributed by atoms with Crippen LogP contribution in [0.15, 0.2) is 45.9 Å². The van der Waals surface area contributed by atoms with Gasteiger partial charge in [0.15, 0.2) is 0 Å². The lowest BCUT2D eigenvalue weighted by Crippen LogP contribution is -2.34. The highest BCUT2D eigenvalue weighted by molar-refractivity contribution is 7.89. The molecule has 0 saturated carbocycles. The van der Waals surface area contributed by atoms with Crippen LogP contribution < -0.4 is 9.46 Å². The van der Waals surface area contributed by atoms with E-state index in [0.717, 1.165) is 11.3 Å². The molecule has 0 aliphatic heterocycles. The number of benzene rings is 1. The molecule has 2 rings (SSSR count). The van der Waals surface area contributed by atoms with E-state index < -0.39 is 10.0 Å². The van der Waals surface area contributed by atoms with Crippen molar-refractivity contribution < 1.29 is 17.6 Å². The van der Waals surface area contributed by atoms with E-state index in [0.29, 0.717) is 12.2 Å². The van der Waals surface area contributed by atoms with Crippen LogP contribution in [0.4, 0.5) is 0 Å². The monoisotopic (exact) mass is 309 g/mol. The summed E-state index contributed by atoms with van der Waals surface area (Å²) in [7, 11) is -2.00. The van der Waals surface area contributed by atoms with E-state index in [-0.39, 0.29) is 10.9 Å². The van der Waals surface area contributed by atoms with E-state index in [1.165, 1.54) is 6.07 Å². The summed E-state index contributed by atoms with van der Waals surface area (Å²) in [5, 5.41) is 0. The highest BCUT2D eigenvalue weighted by Crippen LogP contribution is 2.21. The van der Waals surface area contributed by atoms with Crippen LogP contribution in [-0.2, 0) is 16.4 Å². The van der Waals surface area contributed by atoms with Gasteiger partial charge in [-0.05, 0) is 49.7 Å². The zero-order chi connectivity index (χ0) is 15.5. The van der Waals surface area contributed by atoms with Gasteiger partial charge < -0.3 is 9.15 Å². The molecule has 6 heteroatoms. The van der Waals surface area contributed by atoms with Gasteiger partial charge in [0.1, 0.15) is 11.5 Å². The molecule has 1 N–H and O–H groups in total. The van der Waals surface area contributed by atoms with Crippen LogP contribution in [0.25, 0.3) is 0 Å². The molecule has 21 heavy (non-hydrogen) atoms. The summed E-state index contributed by atoms with van der Waals surface area (Å²) in [5.74, 6) is 1.41. The first-order valence-electron chi connectivity index (χ1n) is 6.61.